The molecule has 0 aliphatic carbocycles. The molecule has 0 aromatic rings. The lowest BCUT2D eigenvalue weighted by molar-refractivity contribution is -0.133. The fraction of sp³-hybridized carbons (Fsp3) is 0.913. The number of rotatable bonds is 12. The van der Waals surface area contributed by atoms with Crippen molar-refractivity contribution >= 4 is 12.0 Å². The molecule has 0 N–H and O–H groups in total. The minimum Gasteiger partial charge on any atom is -0.444 e. The fourth-order valence-electron chi connectivity index (χ4n) is 3.56. The highest BCUT2D eigenvalue weighted by Gasteiger charge is 2.27. The molecule has 0 bridgehead atoms. The monoisotopic (exact) mass is 396 g/mol. The van der Waals surface area contributed by atoms with E-state index in [0.29, 0.717) is 32.6 Å². The average molecular weight is 397 g/mol. The number of carbonyl (C=O) groups is 2. The zero-order chi connectivity index (χ0) is 20.8. The van der Waals surface area contributed by atoms with Gasteiger partial charge in [0.05, 0.1) is 0 Å². The first kappa shape index (κ1) is 24.8. The van der Waals surface area contributed by atoms with Gasteiger partial charge in [-0.25, -0.2) is 4.79 Å². The van der Waals surface area contributed by atoms with E-state index in [0.717, 1.165) is 12.8 Å². The lowest BCUT2D eigenvalue weighted by Gasteiger charge is -2.35. The van der Waals surface area contributed by atoms with Crippen LogP contribution in [0.5, 0.6) is 0 Å². The highest BCUT2D eigenvalue weighted by Crippen LogP contribution is 2.14. The van der Waals surface area contributed by atoms with E-state index < -0.39 is 5.60 Å². The molecule has 1 rings (SSSR count). The lowest BCUT2D eigenvalue weighted by atomic mass is 10.1. The van der Waals surface area contributed by atoms with Crippen molar-refractivity contribution in [2.75, 3.05) is 26.2 Å². The maximum Gasteiger partial charge on any atom is 0.410 e. The Morgan fingerprint density at radius 1 is 0.714 bits per heavy atom. The predicted molar refractivity (Wildman–Crippen MR) is 115 cm³/mol. The third kappa shape index (κ3) is 11.6. The maximum absolute atomic E-state index is 12.4. The second-order valence-corrected chi connectivity index (χ2v) is 9.13. The highest BCUT2D eigenvalue weighted by atomic mass is 16.6. The maximum atomic E-state index is 12.4. The summed E-state index contributed by atoms with van der Waals surface area (Å²) < 4.78 is 5.40. The number of nitrogens with zero attached hydrogens (tertiary/aromatic N) is 2. The smallest absolute Gasteiger partial charge is 0.410 e. The summed E-state index contributed by atoms with van der Waals surface area (Å²) in [6.07, 6.45) is 14.6. The van der Waals surface area contributed by atoms with Gasteiger partial charge in [-0.2, -0.15) is 0 Å². The van der Waals surface area contributed by atoms with Crippen LogP contribution in [0, 0.1) is 0 Å². The Bertz CT molecular complexity index is 438. The normalized spacial score (nSPS) is 15.0. The molecule has 1 fully saturated rings. The van der Waals surface area contributed by atoms with Crippen molar-refractivity contribution in [3.8, 4) is 0 Å². The minimum absolute atomic E-state index is 0.236. The Morgan fingerprint density at radius 3 is 1.61 bits per heavy atom. The first-order valence-corrected chi connectivity index (χ1v) is 11.6. The Balaban J connectivity index is 2.02. The van der Waals surface area contributed by atoms with E-state index in [9.17, 15) is 9.59 Å². The minimum atomic E-state index is -0.473. The molecule has 1 aliphatic rings. The fourth-order valence-corrected chi connectivity index (χ4v) is 3.56. The van der Waals surface area contributed by atoms with E-state index in [1.165, 1.54) is 57.8 Å². The standard InChI is InChI=1S/C23H44N2O3/c1-5-6-7-8-9-10-11-12-13-14-15-16-21(26)24-17-19-25(20-18-24)22(27)28-23(2,3)4/h5-20H2,1-4H3. The molecule has 0 atom stereocenters. The van der Waals surface area contributed by atoms with Gasteiger partial charge in [-0.1, -0.05) is 71.1 Å². The predicted octanol–water partition coefficient (Wildman–Crippen LogP) is 5.77. The van der Waals surface area contributed by atoms with Gasteiger partial charge in [0.25, 0.3) is 0 Å². The summed E-state index contributed by atoms with van der Waals surface area (Å²) in [6, 6.07) is 0. The second-order valence-electron chi connectivity index (χ2n) is 9.13. The number of hydrogen-bond acceptors (Lipinski definition) is 3. The SMILES string of the molecule is CCCCCCCCCCCCCC(=O)N1CCN(C(=O)OC(C)(C)C)CC1. The van der Waals surface area contributed by atoms with E-state index in [4.69, 9.17) is 4.74 Å². The van der Waals surface area contributed by atoms with Gasteiger partial charge in [0.1, 0.15) is 5.60 Å². The molecule has 1 saturated heterocycles. The summed E-state index contributed by atoms with van der Waals surface area (Å²) in [7, 11) is 0. The molecule has 5 heteroatoms. The van der Waals surface area contributed by atoms with E-state index in [1.54, 1.807) is 4.90 Å². The summed E-state index contributed by atoms with van der Waals surface area (Å²) in [4.78, 5) is 28.0. The van der Waals surface area contributed by atoms with Gasteiger partial charge < -0.3 is 14.5 Å². The van der Waals surface area contributed by atoms with E-state index >= 15 is 0 Å². The van der Waals surface area contributed by atoms with Crippen LogP contribution in [0.25, 0.3) is 0 Å². The number of piperazine rings is 1. The van der Waals surface area contributed by atoms with Crippen LogP contribution in [0.1, 0.15) is 105 Å². The zero-order valence-electron chi connectivity index (χ0n) is 18.9. The van der Waals surface area contributed by atoms with Crippen LogP contribution in [0.15, 0.2) is 0 Å². The van der Waals surface area contributed by atoms with E-state index in [-0.39, 0.29) is 12.0 Å². The van der Waals surface area contributed by atoms with Gasteiger partial charge >= 0.3 is 6.09 Å². The van der Waals surface area contributed by atoms with Crippen molar-refractivity contribution in [1.29, 1.82) is 0 Å². The zero-order valence-corrected chi connectivity index (χ0v) is 18.9. The van der Waals surface area contributed by atoms with Crippen molar-refractivity contribution in [3.63, 3.8) is 0 Å². The van der Waals surface area contributed by atoms with Gasteiger partial charge in [-0.15, -0.1) is 0 Å². The van der Waals surface area contributed by atoms with E-state index in [1.807, 2.05) is 25.7 Å². The summed E-state index contributed by atoms with van der Waals surface area (Å²) in [5.41, 5.74) is -0.473. The van der Waals surface area contributed by atoms with Crippen molar-refractivity contribution in [3.05, 3.63) is 0 Å². The first-order chi connectivity index (χ1) is 13.3. The second kappa shape index (κ2) is 13.8. The van der Waals surface area contributed by atoms with Crippen molar-refractivity contribution < 1.29 is 14.3 Å². The molecular formula is C23H44N2O3. The molecular weight excluding hydrogens is 352 g/mol. The van der Waals surface area contributed by atoms with Crippen LogP contribution in [0.2, 0.25) is 0 Å². The number of amides is 2. The molecule has 0 unspecified atom stereocenters. The lowest BCUT2D eigenvalue weighted by Crippen LogP contribution is -2.51. The largest absolute Gasteiger partial charge is 0.444 e. The highest BCUT2D eigenvalue weighted by molar-refractivity contribution is 5.76. The molecule has 1 heterocycles. The average Bonchev–Trinajstić information content (AvgIpc) is 2.64. The Morgan fingerprint density at radius 2 is 1.14 bits per heavy atom. The molecule has 5 nitrogen and oxygen atoms in total. The van der Waals surface area contributed by atoms with Crippen molar-refractivity contribution in [2.45, 2.75) is 110 Å². The molecule has 0 radical (unpaired) electrons. The van der Waals surface area contributed by atoms with Crippen LogP contribution < -0.4 is 0 Å². The van der Waals surface area contributed by atoms with Gasteiger partial charge in [-0.05, 0) is 27.2 Å². The van der Waals surface area contributed by atoms with Crippen LogP contribution in [-0.2, 0) is 9.53 Å². The first-order valence-electron chi connectivity index (χ1n) is 11.6. The topological polar surface area (TPSA) is 49.9 Å². The van der Waals surface area contributed by atoms with Crippen molar-refractivity contribution in [1.82, 2.24) is 9.80 Å². The molecule has 1 aliphatic heterocycles. The van der Waals surface area contributed by atoms with E-state index in [2.05, 4.69) is 6.92 Å². The number of unbranched alkanes of at least 4 members (excludes halogenated alkanes) is 10. The van der Waals surface area contributed by atoms with Crippen molar-refractivity contribution in [2.24, 2.45) is 0 Å². The number of ether oxygens (including phenoxy) is 1. The molecule has 0 spiro atoms. The summed E-state index contributed by atoms with van der Waals surface area (Å²) in [5, 5.41) is 0. The third-order valence-corrected chi connectivity index (χ3v) is 5.28. The summed E-state index contributed by atoms with van der Waals surface area (Å²) in [5.74, 6) is 0.236. The molecule has 2 amide bonds. The van der Waals surface area contributed by atoms with Gasteiger partial charge in [0, 0.05) is 32.6 Å². The van der Waals surface area contributed by atoms with Gasteiger partial charge in [0.2, 0.25) is 5.91 Å². The van der Waals surface area contributed by atoms with Crippen LogP contribution in [-0.4, -0.2) is 53.6 Å². The Labute approximate surface area is 173 Å². The molecule has 0 saturated carbocycles. The number of hydrogen-bond donors (Lipinski definition) is 0. The van der Waals surface area contributed by atoms with Crippen LogP contribution >= 0.6 is 0 Å². The summed E-state index contributed by atoms with van der Waals surface area (Å²) in [6.45, 7) is 10.3. The molecule has 0 aromatic heterocycles. The van der Waals surface area contributed by atoms with Gasteiger partial charge in [-0.3, -0.25) is 4.79 Å². The molecule has 164 valence electrons. The van der Waals surface area contributed by atoms with Crippen LogP contribution in [0.3, 0.4) is 0 Å². The third-order valence-electron chi connectivity index (χ3n) is 5.28. The quantitative estimate of drug-likeness (QED) is 0.394. The number of carbonyl (C=O) groups excluding carboxylic acids is 2. The Hall–Kier alpha value is -1.26. The summed E-state index contributed by atoms with van der Waals surface area (Å²) >= 11 is 0. The van der Waals surface area contributed by atoms with Gasteiger partial charge in [0.15, 0.2) is 0 Å². The molecule has 0 aromatic carbocycles. The Kier molecular flexibility index (Phi) is 12.2. The molecule has 28 heavy (non-hydrogen) atoms. The van der Waals surface area contributed by atoms with Crippen LogP contribution in [0.4, 0.5) is 4.79 Å².